The SMILES string of the molecule is C[C@@H]1CN(c2ccnn3cc(-c4ccc(S(C)(=O)=O)nc4)cc23)C(=O)[C@]1(C#N)C1CC1. The molecule has 4 heterocycles. The highest BCUT2D eigenvalue weighted by Crippen LogP contribution is 2.54. The van der Waals surface area contributed by atoms with Crippen LogP contribution >= 0.6 is 0 Å². The number of carbonyl (C=O) groups excluding carboxylic acids is 1. The Balaban J connectivity index is 1.56. The molecule has 1 saturated heterocycles. The number of fused-ring (bicyclic) bond motifs is 1. The normalized spacial score (nSPS) is 24.0. The molecule has 0 bridgehead atoms. The van der Waals surface area contributed by atoms with Crippen LogP contribution in [0.1, 0.15) is 19.8 Å². The van der Waals surface area contributed by atoms with Gasteiger partial charge in [-0.15, -0.1) is 0 Å². The zero-order chi connectivity index (χ0) is 22.0. The first-order valence-electron chi connectivity index (χ1n) is 10.1. The second-order valence-electron chi connectivity index (χ2n) is 8.50. The van der Waals surface area contributed by atoms with Crippen LogP contribution in [0.25, 0.3) is 16.6 Å². The fourth-order valence-corrected chi connectivity index (χ4v) is 5.22. The van der Waals surface area contributed by atoms with E-state index in [0.717, 1.165) is 41.4 Å². The van der Waals surface area contributed by atoms with Gasteiger partial charge in [-0.05, 0) is 43.0 Å². The number of hydrogen-bond donors (Lipinski definition) is 0. The molecule has 1 amide bonds. The van der Waals surface area contributed by atoms with Gasteiger partial charge in [-0.1, -0.05) is 6.92 Å². The van der Waals surface area contributed by atoms with E-state index in [1.807, 2.05) is 19.2 Å². The summed E-state index contributed by atoms with van der Waals surface area (Å²) in [6.45, 7) is 2.48. The third kappa shape index (κ3) is 2.93. The van der Waals surface area contributed by atoms with Crippen molar-refractivity contribution < 1.29 is 13.2 Å². The molecule has 0 aromatic carbocycles. The number of amides is 1. The highest BCUT2D eigenvalue weighted by molar-refractivity contribution is 7.90. The summed E-state index contributed by atoms with van der Waals surface area (Å²) in [5.41, 5.74) is 2.07. The average Bonchev–Trinajstić information content (AvgIpc) is 3.44. The summed E-state index contributed by atoms with van der Waals surface area (Å²) in [4.78, 5) is 19.2. The summed E-state index contributed by atoms with van der Waals surface area (Å²) in [7, 11) is -3.37. The lowest BCUT2D eigenvalue weighted by Crippen LogP contribution is -2.37. The number of aromatic nitrogens is 3. The van der Waals surface area contributed by atoms with E-state index in [9.17, 15) is 18.5 Å². The van der Waals surface area contributed by atoms with E-state index in [2.05, 4.69) is 16.2 Å². The third-order valence-corrected chi connectivity index (χ3v) is 7.47. The first kappa shape index (κ1) is 19.7. The lowest BCUT2D eigenvalue weighted by molar-refractivity contribution is -0.124. The molecule has 158 valence electrons. The van der Waals surface area contributed by atoms with E-state index in [4.69, 9.17) is 0 Å². The highest BCUT2D eigenvalue weighted by Gasteiger charge is 2.61. The first-order valence-corrected chi connectivity index (χ1v) is 12.0. The van der Waals surface area contributed by atoms with Crippen molar-refractivity contribution in [2.45, 2.75) is 24.8 Å². The molecule has 3 aromatic heterocycles. The van der Waals surface area contributed by atoms with E-state index in [0.29, 0.717) is 6.54 Å². The van der Waals surface area contributed by atoms with Gasteiger partial charge in [0.05, 0.1) is 17.3 Å². The van der Waals surface area contributed by atoms with E-state index in [1.165, 1.54) is 12.3 Å². The van der Waals surface area contributed by atoms with Gasteiger partial charge >= 0.3 is 0 Å². The van der Waals surface area contributed by atoms with Crippen molar-refractivity contribution in [3.05, 3.63) is 42.9 Å². The molecule has 0 radical (unpaired) electrons. The molecular formula is C22H21N5O3S. The maximum Gasteiger partial charge on any atom is 0.248 e. The second kappa shape index (κ2) is 6.62. The van der Waals surface area contributed by atoms with Gasteiger partial charge in [0.1, 0.15) is 5.41 Å². The predicted molar refractivity (Wildman–Crippen MR) is 114 cm³/mol. The largest absolute Gasteiger partial charge is 0.309 e. The van der Waals surface area contributed by atoms with Gasteiger partial charge in [-0.3, -0.25) is 4.79 Å². The van der Waals surface area contributed by atoms with Crippen molar-refractivity contribution in [1.82, 2.24) is 14.6 Å². The Morgan fingerprint density at radius 3 is 2.61 bits per heavy atom. The van der Waals surface area contributed by atoms with Gasteiger partial charge in [0.15, 0.2) is 14.9 Å². The number of nitriles is 1. The van der Waals surface area contributed by atoms with Crippen molar-refractivity contribution in [2.24, 2.45) is 17.3 Å². The van der Waals surface area contributed by atoms with Crippen molar-refractivity contribution in [3.63, 3.8) is 0 Å². The topological polar surface area (TPSA) is 108 Å². The molecule has 1 saturated carbocycles. The van der Waals surface area contributed by atoms with Crippen LogP contribution in [0.15, 0.2) is 47.9 Å². The van der Waals surface area contributed by atoms with Gasteiger partial charge in [-0.25, -0.2) is 17.9 Å². The Morgan fingerprint density at radius 1 is 1.23 bits per heavy atom. The van der Waals surface area contributed by atoms with Gasteiger partial charge in [0, 0.05) is 48.4 Å². The quantitative estimate of drug-likeness (QED) is 0.623. The number of hydrogen-bond acceptors (Lipinski definition) is 6. The molecule has 2 atom stereocenters. The first-order chi connectivity index (χ1) is 14.8. The summed E-state index contributed by atoms with van der Waals surface area (Å²) < 4.78 is 25.0. The van der Waals surface area contributed by atoms with E-state index < -0.39 is 15.3 Å². The number of carbonyl (C=O) groups is 1. The molecule has 1 aliphatic heterocycles. The Labute approximate surface area is 180 Å². The zero-order valence-electron chi connectivity index (χ0n) is 17.2. The lowest BCUT2D eigenvalue weighted by atomic mass is 9.75. The number of nitrogens with zero attached hydrogens (tertiary/aromatic N) is 5. The molecule has 3 aromatic rings. The summed E-state index contributed by atoms with van der Waals surface area (Å²) >= 11 is 0. The molecule has 0 spiro atoms. The van der Waals surface area contributed by atoms with Gasteiger partial charge in [0.25, 0.3) is 0 Å². The average molecular weight is 436 g/mol. The van der Waals surface area contributed by atoms with Crippen LogP contribution in [-0.2, 0) is 14.6 Å². The van der Waals surface area contributed by atoms with E-state index in [1.54, 1.807) is 27.7 Å². The fourth-order valence-electron chi connectivity index (χ4n) is 4.66. The van der Waals surface area contributed by atoms with E-state index >= 15 is 0 Å². The molecule has 0 N–H and O–H groups in total. The summed E-state index contributed by atoms with van der Waals surface area (Å²) in [5, 5.41) is 14.3. The number of pyridine rings is 1. The minimum Gasteiger partial charge on any atom is -0.309 e. The molecule has 9 heteroatoms. The maximum atomic E-state index is 13.4. The smallest absolute Gasteiger partial charge is 0.248 e. The van der Waals surface area contributed by atoms with Crippen LogP contribution in [-0.4, -0.2) is 41.7 Å². The molecule has 8 nitrogen and oxygen atoms in total. The van der Waals surface area contributed by atoms with Gasteiger partial charge < -0.3 is 4.90 Å². The minimum atomic E-state index is -3.37. The summed E-state index contributed by atoms with van der Waals surface area (Å²) in [6.07, 6.45) is 7.94. The van der Waals surface area contributed by atoms with Crippen LogP contribution in [0.5, 0.6) is 0 Å². The molecule has 31 heavy (non-hydrogen) atoms. The standard InChI is InChI=1S/C22H21N5O3S/c1-14-11-26(21(28)22(14,13-23)17-4-5-17)18-7-8-25-27-12-16(9-19(18)27)15-3-6-20(24-10-15)31(2,29)30/h3,6-10,12,14,17H,4-5,11H2,1-2H3/t14-,22+/m1/s1. The van der Waals surface area contributed by atoms with Crippen LogP contribution in [0.3, 0.4) is 0 Å². The Bertz CT molecular complexity index is 1350. The lowest BCUT2D eigenvalue weighted by Gasteiger charge is -2.23. The molecule has 5 rings (SSSR count). The molecule has 1 aliphatic carbocycles. The van der Waals surface area contributed by atoms with Crippen LogP contribution in [0.2, 0.25) is 0 Å². The molecular weight excluding hydrogens is 414 g/mol. The molecule has 2 fully saturated rings. The predicted octanol–water partition coefficient (Wildman–Crippen LogP) is 2.70. The summed E-state index contributed by atoms with van der Waals surface area (Å²) in [6, 6.07) is 9.25. The Hall–Kier alpha value is -3.25. The van der Waals surface area contributed by atoms with Crippen molar-refractivity contribution in [3.8, 4) is 17.2 Å². The fraction of sp³-hybridized carbons (Fsp3) is 0.364. The number of sulfone groups is 1. The second-order valence-corrected chi connectivity index (χ2v) is 10.5. The van der Waals surface area contributed by atoms with Crippen molar-refractivity contribution in [2.75, 3.05) is 17.7 Å². The number of anilines is 1. The Morgan fingerprint density at radius 2 is 2.00 bits per heavy atom. The van der Waals surface area contributed by atoms with E-state index in [-0.39, 0.29) is 22.8 Å². The summed E-state index contributed by atoms with van der Waals surface area (Å²) in [5.74, 6) is -0.0301. The minimum absolute atomic E-state index is 0.0170. The molecule has 0 unspecified atom stereocenters. The van der Waals surface area contributed by atoms with Crippen molar-refractivity contribution in [1.29, 1.82) is 5.26 Å². The zero-order valence-corrected chi connectivity index (χ0v) is 18.0. The van der Waals surface area contributed by atoms with Crippen LogP contribution in [0.4, 0.5) is 5.69 Å². The van der Waals surface area contributed by atoms with Crippen LogP contribution < -0.4 is 4.90 Å². The third-order valence-electron chi connectivity index (χ3n) is 6.47. The number of rotatable bonds is 4. The van der Waals surface area contributed by atoms with Gasteiger partial charge in [0.2, 0.25) is 5.91 Å². The monoisotopic (exact) mass is 435 g/mol. The Kier molecular flexibility index (Phi) is 4.21. The maximum absolute atomic E-state index is 13.4. The highest BCUT2D eigenvalue weighted by atomic mass is 32.2. The van der Waals surface area contributed by atoms with Crippen LogP contribution in [0, 0.1) is 28.6 Å². The molecule has 2 aliphatic rings. The van der Waals surface area contributed by atoms with Crippen molar-refractivity contribution >= 4 is 26.9 Å². The van der Waals surface area contributed by atoms with Gasteiger partial charge in [-0.2, -0.15) is 10.4 Å².